The zero-order valence-corrected chi connectivity index (χ0v) is 15.0. The highest BCUT2D eigenvalue weighted by molar-refractivity contribution is 7.92. The first-order valence-corrected chi connectivity index (χ1v) is 9.74. The number of halogens is 1. The lowest BCUT2D eigenvalue weighted by atomic mass is 10.1. The molecule has 0 heterocycles. The van der Waals surface area contributed by atoms with Gasteiger partial charge in [0.1, 0.15) is 11.9 Å². The number of nitrogens with zero attached hydrogens (tertiary/aromatic N) is 1. The maximum Gasteiger partial charge on any atom is 0.244 e. The zero-order chi connectivity index (χ0) is 18.4. The van der Waals surface area contributed by atoms with Crippen molar-refractivity contribution in [3.05, 3.63) is 66.0 Å². The van der Waals surface area contributed by atoms with Gasteiger partial charge in [-0.05, 0) is 36.2 Å². The van der Waals surface area contributed by atoms with E-state index in [1.54, 1.807) is 6.92 Å². The summed E-state index contributed by atoms with van der Waals surface area (Å²) in [6.07, 6.45) is 1.31. The van der Waals surface area contributed by atoms with E-state index in [0.717, 1.165) is 16.1 Å². The van der Waals surface area contributed by atoms with E-state index in [1.807, 2.05) is 30.3 Å². The van der Waals surface area contributed by atoms with Crippen molar-refractivity contribution in [3.63, 3.8) is 0 Å². The van der Waals surface area contributed by atoms with Crippen molar-refractivity contribution in [3.8, 4) is 0 Å². The molecular formula is C18H21FN2O3S. The molecule has 0 aliphatic carbocycles. The molecule has 2 aromatic carbocycles. The van der Waals surface area contributed by atoms with Gasteiger partial charge >= 0.3 is 0 Å². The molecule has 0 aliphatic heterocycles. The minimum Gasteiger partial charge on any atom is -0.350 e. The van der Waals surface area contributed by atoms with Gasteiger partial charge in [-0.3, -0.25) is 9.10 Å². The van der Waals surface area contributed by atoms with Gasteiger partial charge in [0.05, 0.1) is 11.9 Å². The van der Waals surface area contributed by atoms with E-state index < -0.39 is 27.8 Å². The Labute approximate surface area is 147 Å². The first-order valence-electron chi connectivity index (χ1n) is 7.89. The number of hydrogen-bond acceptors (Lipinski definition) is 3. The van der Waals surface area contributed by atoms with E-state index in [-0.39, 0.29) is 12.1 Å². The SMILES string of the molecule is CC[C@@H](C(=O)NCc1ccccc1)N(c1ccc(F)cc1)S(C)(=O)=O. The van der Waals surface area contributed by atoms with Crippen molar-refractivity contribution in [2.45, 2.75) is 25.9 Å². The van der Waals surface area contributed by atoms with Crippen LogP contribution < -0.4 is 9.62 Å². The molecule has 1 N–H and O–H groups in total. The standard InChI is InChI=1S/C18H21FN2O3S/c1-3-17(18(22)20-13-14-7-5-4-6-8-14)21(25(2,23)24)16-11-9-15(19)10-12-16/h4-12,17H,3,13H2,1-2H3,(H,20,22)/t17-/m0/s1. The van der Waals surface area contributed by atoms with Crippen molar-refractivity contribution in [2.24, 2.45) is 0 Å². The highest BCUT2D eigenvalue weighted by Gasteiger charge is 2.31. The summed E-state index contributed by atoms with van der Waals surface area (Å²) < 4.78 is 38.7. The fraction of sp³-hybridized carbons (Fsp3) is 0.278. The maximum absolute atomic E-state index is 13.1. The number of carbonyl (C=O) groups excluding carboxylic acids is 1. The summed E-state index contributed by atoms with van der Waals surface area (Å²) in [6, 6.07) is 13.5. The smallest absolute Gasteiger partial charge is 0.244 e. The molecule has 134 valence electrons. The topological polar surface area (TPSA) is 66.5 Å². The highest BCUT2D eigenvalue weighted by atomic mass is 32.2. The molecular weight excluding hydrogens is 343 g/mol. The molecule has 0 aliphatic rings. The molecule has 0 saturated heterocycles. The molecule has 0 aromatic heterocycles. The Kier molecular flexibility index (Phi) is 6.14. The number of sulfonamides is 1. The van der Waals surface area contributed by atoms with Gasteiger partial charge in [0.15, 0.2) is 0 Å². The van der Waals surface area contributed by atoms with Crippen molar-refractivity contribution < 1.29 is 17.6 Å². The van der Waals surface area contributed by atoms with Crippen LogP contribution in [0.4, 0.5) is 10.1 Å². The van der Waals surface area contributed by atoms with Crippen LogP contribution in [-0.2, 0) is 21.4 Å². The minimum absolute atomic E-state index is 0.255. The molecule has 5 nitrogen and oxygen atoms in total. The number of amides is 1. The Morgan fingerprint density at radius 3 is 2.24 bits per heavy atom. The fourth-order valence-electron chi connectivity index (χ4n) is 2.55. The summed E-state index contributed by atoms with van der Waals surface area (Å²) in [5.41, 5.74) is 1.17. The summed E-state index contributed by atoms with van der Waals surface area (Å²) in [4.78, 5) is 12.6. The van der Waals surface area contributed by atoms with Gasteiger partial charge in [-0.25, -0.2) is 12.8 Å². The highest BCUT2D eigenvalue weighted by Crippen LogP contribution is 2.22. The van der Waals surface area contributed by atoms with Crippen molar-refractivity contribution in [1.29, 1.82) is 0 Å². The quantitative estimate of drug-likeness (QED) is 0.821. The molecule has 1 atom stereocenters. The van der Waals surface area contributed by atoms with Crippen molar-refractivity contribution >= 4 is 21.6 Å². The van der Waals surface area contributed by atoms with Gasteiger partial charge in [-0.1, -0.05) is 37.3 Å². The first kappa shape index (κ1) is 18.9. The normalized spacial score (nSPS) is 12.4. The number of rotatable bonds is 7. The van der Waals surface area contributed by atoms with Crippen LogP contribution in [0.5, 0.6) is 0 Å². The summed E-state index contributed by atoms with van der Waals surface area (Å²) >= 11 is 0. The van der Waals surface area contributed by atoms with Crippen LogP contribution in [0.2, 0.25) is 0 Å². The van der Waals surface area contributed by atoms with Crippen LogP contribution in [0.25, 0.3) is 0 Å². The molecule has 0 radical (unpaired) electrons. The van der Waals surface area contributed by atoms with Crippen LogP contribution in [0.15, 0.2) is 54.6 Å². The molecule has 7 heteroatoms. The Hall–Kier alpha value is -2.41. The number of benzene rings is 2. The number of carbonyl (C=O) groups is 1. The molecule has 0 fully saturated rings. The fourth-order valence-corrected chi connectivity index (χ4v) is 3.76. The average molecular weight is 364 g/mol. The van der Waals surface area contributed by atoms with E-state index in [1.165, 1.54) is 24.3 Å². The van der Waals surface area contributed by atoms with E-state index in [9.17, 15) is 17.6 Å². The summed E-state index contributed by atoms with van der Waals surface area (Å²) in [7, 11) is -3.72. The van der Waals surface area contributed by atoms with Gasteiger partial charge in [0.25, 0.3) is 0 Å². The predicted molar refractivity (Wildman–Crippen MR) is 96.1 cm³/mol. The van der Waals surface area contributed by atoms with Crippen LogP contribution >= 0.6 is 0 Å². The van der Waals surface area contributed by atoms with Gasteiger partial charge in [0.2, 0.25) is 15.9 Å². The lowest BCUT2D eigenvalue weighted by molar-refractivity contribution is -0.122. The molecule has 0 bridgehead atoms. The minimum atomic E-state index is -3.72. The van der Waals surface area contributed by atoms with Crippen LogP contribution in [0, 0.1) is 5.82 Å². The monoisotopic (exact) mass is 364 g/mol. The predicted octanol–water partition coefficient (Wildman–Crippen LogP) is 2.69. The van der Waals surface area contributed by atoms with E-state index in [2.05, 4.69) is 5.32 Å². The third-order valence-electron chi connectivity index (χ3n) is 3.72. The third-order valence-corrected chi connectivity index (χ3v) is 4.90. The van der Waals surface area contributed by atoms with Gasteiger partial charge in [0, 0.05) is 6.54 Å². The molecule has 0 unspecified atom stereocenters. The molecule has 2 rings (SSSR count). The Balaban J connectivity index is 2.23. The lowest BCUT2D eigenvalue weighted by Gasteiger charge is -2.30. The second kappa shape index (κ2) is 8.11. The van der Waals surface area contributed by atoms with Crippen molar-refractivity contribution in [2.75, 3.05) is 10.6 Å². The van der Waals surface area contributed by atoms with Gasteiger partial charge in [-0.15, -0.1) is 0 Å². The first-order chi connectivity index (χ1) is 11.8. The van der Waals surface area contributed by atoms with Gasteiger partial charge < -0.3 is 5.32 Å². The number of hydrogen-bond donors (Lipinski definition) is 1. The third kappa shape index (κ3) is 5.03. The van der Waals surface area contributed by atoms with E-state index >= 15 is 0 Å². The van der Waals surface area contributed by atoms with Crippen LogP contribution in [-0.4, -0.2) is 26.6 Å². The van der Waals surface area contributed by atoms with Crippen molar-refractivity contribution in [1.82, 2.24) is 5.32 Å². The average Bonchev–Trinajstić information content (AvgIpc) is 2.58. The zero-order valence-electron chi connectivity index (χ0n) is 14.1. The second-order valence-corrected chi connectivity index (χ2v) is 7.52. The Morgan fingerprint density at radius 1 is 1.12 bits per heavy atom. The maximum atomic E-state index is 13.1. The molecule has 1 amide bonds. The van der Waals surface area contributed by atoms with Crippen LogP contribution in [0.3, 0.4) is 0 Å². The Bertz CT molecular complexity index is 808. The Morgan fingerprint density at radius 2 is 1.72 bits per heavy atom. The molecule has 0 saturated carbocycles. The summed E-state index contributed by atoms with van der Waals surface area (Å²) in [6.45, 7) is 2.03. The molecule has 0 spiro atoms. The summed E-state index contributed by atoms with van der Waals surface area (Å²) in [5.74, 6) is -0.875. The number of nitrogens with one attached hydrogen (secondary N) is 1. The lowest BCUT2D eigenvalue weighted by Crippen LogP contribution is -2.49. The largest absolute Gasteiger partial charge is 0.350 e. The van der Waals surface area contributed by atoms with E-state index in [4.69, 9.17) is 0 Å². The van der Waals surface area contributed by atoms with E-state index in [0.29, 0.717) is 6.54 Å². The number of anilines is 1. The van der Waals surface area contributed by atoms with Gasteiger partial charge in [-0.2, -0.15) is 0 Å². The van der Waals surface area contributed by atoms with Crippen LogP contribution in [0.1, 0.15) is 18.9 Å². The second-order valence-electron chi connectivity index (χ2n) is 5.66. The summed E-state index contributed by atoms with van der Waals surface area (Å²) in [5, 5.41) is 2.76. The molecule has 25 heavy (non-hydrogen) atoms. The molecule has 2 aromatic rings.